The van der Waals surface area contributed by atoms with E-state index < -0.39 is 6.04 Å². The molecule has 0 saturated heterocycles. The molecule has 0 saturated carbocycles. The Hall–Kier alpha value is -1.11. The van der Waals surface area contributed by atoms with Gasteiger partial charge >= 0.3 is 0 Å². The number of thioether (sulfide) groups is 1. The van der Waals surface area contributed by atoms with Crippen LogP contribution in [0.25, 0.3) is 0 Å². The van der Waals surface area contributed by atoms with Crippen LogP contribution in [0.2, 0.25) is 20.1 Å². The van der Waals surface area contributed by atoms with Crippen LogP contribution in [0.1, 0.15) is 44.2 Å². The van der Waals surface area contributed by atoms with Crippen LogP contribution in [-0.2, 0) is 21.9 Å². The fourth-order valence-electron chi connectivity index (χ4n) is 3.25. The Morgan fingerprint density at radius 2 is 1.73 bits per heavy atom. The van der Waals surface area contributed by atoms with Gasteiger partial charge in [0, 0.05) is 38.9 Å². The van der Waals surface area contributed by atoms with Gasteiger partial charge in [-0.1, -0.05) is 78.8 Å². The van der Waals surface area contributed by atoms with Crippen molar-refractivity contribution in [3.8, 4) is 0 Å². The first kappa shape index (κ1) is 28.1. The predicted molar refractivity (Wildman–Crippen MR) is 142 cm³/mol. The van der Waals surface area contributed by atoms with E-state index in [0.29, 0.717) is 38.8 Å². The molecule has 1 atom stereocenters. The van der Waals surface area contributed by atoms with Crippen molar-refractivity contribution in [1.29, 1.82) is 0 Å². The second-order valence-electron chi connectivity index (χ2n) is 7.52. The summed E-state index contributed by atoms with van der Waals surface area (Å²) in [5, 5.41) is 5.04. The van der Waals surface area contributed by atoms with Gasteiger partial charge in [-0.2, -0.15) is 0 Å². The predicted octanol–water partition coefficient (Wildman–Crippen LogP) is 7.26. The van der Waals surface area contributed by atoms with Gasteiger partial charge < -0.3 is 10.2 Å². The molecule has 0 fully saturated rings. The number of unbranched alkanes of at least 4 members (excludes halogenated alkanes) is 1. The zero-order chi connectivity index (χ0) is 24.4. The number of benzene rings is 2. The molecule has 4 nitrogen and oxygen atoms in total. The molecule has 0 radical (unpaired) electrons. The average Bonchev–Trinajstić information content (AvgIpc) is 2.77. The highest BCUT2D eigenvalue weighted by Crippen LogP contribution is 2.29. The van der Waals surface area contributed by atoms with E-state index in [-0.39, 0.29) is 24.1 Å². The Morgan fingerprint density at radius 3 is 2.33 bits per heavy atom. The molecule has 33 heavy (non-hydrogen) atoms. The maximum atomic E-state index is 13.3. The van der Waals surface area contributed by atoms with Crippen molar-refractivity contribution in [3.63, 3.8) is 0 Å². The second kappa shape index (κ2) is 14.3. The largest absolute Gasteiger partial charge is 0.354 e. The van der Waals surface area contributed by atoms with Gasteiger partial charge in [-0.3, -0.25) is 9.59 Å². The van der Waals surface area contributed by atoms with Crippen LogP contribution in [0, 0.1) is 0 Å². The molecule has 0 heterocycles. The molecule has 0 aliphatic heterocycles. The van der Waals surface area contributed by atoms with Gasteiger partial charge in [0.15, 0.2) is 0 Å². The van der Waals surface area contributed by atoms with Crippen molar-refractivity contribution in [2.45, 2.75) is 51.4 Å². The summed E-state index contributed by atoms with van der Waals surface area (Å²) in [6, 6.07) is 9.86. The summed E-state index contributed by atoms with van der Waals surface area (Å²) in [7, 11) is 0. The Labute approximate surface area is 220 Å². The minimum absolute atomic E-state index is 0.160. The van der Waals surface area contributed by atoms with E-state index >= 15 is 0 Å². The highest BCUT2D eigenvalue weighted by Gasteiger charge is 2.29. The number of halogens is 4. The Balaban J connectivity index is 2.18. The van der Waals surface area contributed by atoms with Gasteiger partial charge in [0.25, 0.3) is 0 Å². The number of carbonyl (C=O) groups excluding carboxylic acids is 2. The summed E-state index contributed by atoms with van der Waals surface area (Å²) in [6.07, 6.45) is 2.34. The Morgan fingerprint density at radius 1 is 1.03 bits per heavy atom. The summed E-state index contributed by atoms with van der Waals surface area (Å²) in [5.41, 5.74) is 1.52. The number of hydrogen-bond acceptors (Lipinski definition) is 3. The van der Waals surface area contributed by atoms with Gasteiger partial charge in [-0.25, -0.2) is 0 Å². The fourth-order valence-corrected chi connectivity index (χ4v) is 5.37. The van der Waals surface area contributed by atoms with Crippen LogP contribution in [-0.4, -0.2) is 35.1 Å². The third kappa shape index (κ3) is 8.56. The SMILES string of the molecule is CCCCNC(=O)[C@H](CC)N(Cc1ccc(Cl)cc1Cl)C(=O)CSCc1c(Cl)cccc1Cl. The lowest BCUT2D eigenvalue weighted by molar-refractivity contribution is -0.139. The lowest BCUT2D eigenvalue weighted by atomic mass is 10.1. The van der Waals surface area contributed by atoms with Crippen LogP contribution in [0.15, 0.2) is 36.4 Å². The van der Waals surface area contributed by atoms with Gasteiger partial charge in [0.1, 0.15) is 6.04 Å². The van der Waals surface area contributed by atoms with E-state index in [4.69, 9.17) is 46.4 Å². The van der Waals surface area contributed by atoms with Gasteiger partial charge in [0.2, 0.25) is 11.8 Å². The first-order chi connectivity index (χ1) is 15.8. The van der Waals surface area contributed by atoms with E-state index in [9.17, 15) is 9.59 Å². The molecule has 0 aromatic heterocycles. The van der Waals surface area contributed by atoms with E-state index in [1.807, 2.05) is 6.92 Å². The first-order valence-electron chi connectivity index (χ1n) is 10.8. The van der Waals surface area contributed by atoms with Gasteiger partial charge in [-0.15, -0.1) is 11.8 Å². The normalized spacial score (nSPS) is 11.8. The summed E-state index contributed by atoms with van der Waals surface area (Å²) in [4.78, 5) is 27.8. The number of rotatable bonds is 12. The summed E-state index contributed by atoms with van der Waals surface area (Å²) in [5.74, 6) is 0.334. The molecule has 180 valence electrons. The lowest BCUT2D eigenvalue weighted by Crippen LogP contribution is -2.49. The molecule has 0 aliphatic rings. The number of amides is 2. The molecule has 0 bridgehead atoms. The van der Waals surface area contributed by atoms with Crippen LogP contribution < -0.4 is 5.32 Å². The summed E-state index contributed by atoms with van der Waals surface area (Å²) in [6.45, 7) is 4.74. The molecule has 2 aromatic rings. The Bertz CT molecular complexity index is 938. The van der Waals surface area contributed by atoms with Crippen molar-refractivity contribution < 1.29 is 9.59 Å². The third-order valence-corrected chi connectivity index (χ3v) is 7.34. The highest BCUT2D eigenvalue weighted by molar-refractivity contribution is 7.99. The molecule has 2 aromatic carbocycles. The number of hydrogen-bond donors (Lipinski definition) is 1. The van der Waals surface area contributed by atoms with E-state index in [1.165, 1.54) is 11.8 Å². The minimum Gasteiger partial charge on any atom is -0.354 e. The van der Waals surface area contributed by atoms with Crippen molar-refractivity contribution in [2.75, 3.05) is 12.3 Å². The first-order valence-corrected chi connectivity index (χ1v) is 13.5. The van der Waals surface area contributed by atoms with Gasteiger partial charge in [-0.05, 0) is 48.2 Å². The van der Waals surface area contributed by atoms with E-state index in [0.717, 1.165) is 24.0 Å². The average molecular weight is 550 g/mol. The molecular formula is C24H28Cl4N2O2S. The number of nitrogens with one attached hydrogen (secondary N) is 1. The monoisotopic (exact) mass is 548 g/mol. The maximum Gasteiger partial charge on any atom is 0.242 e. The van der Waals surface area contributed by atoms with E-state index in [1.54, 1.807) is 41.3 Å². The minimum atomic E-state index is -0.606. The molecular weight excluding hydrogens is 522 g/mol. The quantitative estimate of drug-likeness (QED) is 0.283. The molecule has 0 aliphatic carbocycles. The van der Waals surface area contributed by atoms with Crippen molar-refractivity contribution >= 4 is 70.0 Å². The maximum absolute atomic E-state index is 13.3. The third-order valence-electron chi connectivity index (χ3n) is 5.10. The Kier molecular flexibility index (Phi) is 12.2. The zero-order valence-corrected chi connectivity index (χ0v) is 22.5. The van der Waals surface area contributed by atoms with Crippen molar-refractivity contribution in [2.24, 2.45) is 0 Å². The lowest BCUT2D eigenvalue weighted by Gasteiger charge is -2.31. The molecule has 2 amide bonds. The molecule has 1 N–H and O–H groups in total. The standard InChI is InChI=1S/C24H28Cl4N2O2S/c1-3-5-11-29-24(32)22(4-2)30(13-16-9-10-17(25)12-21(16)28)23(31)15-33-14-18-19(26)7-6-8-20(18)27/h6-10,12,22H,3-5,11,13-15H2,1-2H3,(H,29,32)/t22-/m0/s1. The van der Waals surface area contributed by atoms with Crippen molar-refractivity contribution in [3.05, 3.63) is 67.6 Å². The summed E-state index contributed by atoms with van der Waals surface area (Å²) < 4.78 is 0. The van der Waals surface area contributed by atoms with Gasteiger partial charge in [0.05, 0.1) is 5.75 Å². The highest BCUT2D eigenvalue weighted by atomic mass is 35.5. The second-order valence-corrected chi connectivity index (χ2v) is 10.2. The number of nitrogens with zero attached hydrogens (tertiary/aromatic N) is 1. The topological polar surface area (TPSA) is 49.4 Å². The molecule has 9 heteroatoms. The molecule has 0 spiro atoms. The van der Waals surface area contributed by atoms with Crippen molar-refractivity contribution in [1.82, 2.24) is 10.2 Å². The molecule has 0 unspecified atom stereocenters. The van der Waals surface area contributed by atoms with Crippen LogP contribution >= 0.6 is 58.2 Å². The fraction of sp³-hybridized carbons (Fsp3) is 0.417. The zero-order valence-electron chi connectivity index (χ0n) is 18.7. The van der Waals surface area contributed by atoms with Crippen LogP contribution in [0.4, 0.5) is 0 Å². The molecule has 2 rings (SSSR count). The summed E-state index contributed by atoms with van der Waals surface area (Å²) >= 11 is 26.3. The van der Waals surface area contributed by atoms with E-state index in [2.05, 4.69) is 12.2 Å². The smallest absolute Gasteiger partial charge is 0.242 e. The number of carbonyl (C=O) groups is 2. The van der Waals surface area contributed by atoms with Crippen LogP contribution in [0.5, 0.6) is 0 Å². The van der Waals surface area contributed by atoms with Crippen LogP contribution in [0.3, 0.4) is 0 Å².